The standard InChI is InChI=1S/C13H24N4/c1-3-14-10-13(7-5-6-8-13)9-12-15-11-16-17(12)4-2/h11,14H,3-10H2,1-2H3. The maximum Gasteiger partial charge on any atom is 0.138 e. The highest BCUT2D eigenvalue weighted by Crippen LogP contribution is 2.40. The normalized spacial score (nSPS) is 18.7. The van der Waals surface area contributed by atoms with Crippen molar-refractivity contribution < 1.29 is 0 Å². The van der Waals surface area contributed by atoms with Crippen molar-refractivity contribution in [2.45, 2.75) is 52.5 Å². The van der Waals surface area contributed by atoms with Gasteiger partial charge in [0, 0.05) is 19.5 Å². The van der Waals surface area contributed by atoms with Crippen LogP contribution in [0.25, 0.3) is 0 Å². The molecule has 0 spiro atoms. The van der Waals surface area contributed by atoms with Crippen LogP contribution < -0.4 is 5.32 Å². The van der Waals surface area contributed by atoms with Crippen LogP contribution in [-0.2, 0) is 13.0 Å². The van der Waals surface area contributed by atoms with E-state index in [1.807, 2.05) is 4.68 Å². The molecule has 1 aliphatic carbocycles. The summed E-state index contributed by atoms with van der Waals surface area (Å²) in [5.74, 6) is 1.16. The zero-order valence-electron chi connectivity index (χ0n) is 11.1. The zero-order chi connectivity index (χ0) is 12.1. The molecule has 0 aromatic carbocycles. The van der Waals surface area contributed by atoms with E-state index < -0.39 is 0 Å². The second-order valence-corrected chi connectivity index (χ2v) is 5.16. The van der Waals surface area contributed by atoms with Gasteiger partial charge in [0.2, 0.25) is 0 Å². The first-order valence-corrected chi connectivity index (χ1v) is 6.87. The van der Waals surface area contributed by atoms with E-state index in [1.165, 1.54) is 25.7 Å². The molecule has 0 aliphatic heterocycles. The van der Waals surface area contributed by atoms with Crippen molar-refractivity contribution in [2.75, 3.05) is 13.1 Å². The molecule has 1 saturated carbocycles. The van der Waals surface area contributed by atoms with Gasteiger partial charge in [0.1, 0.15) is 12.2 Å². The molecule has 0 unspecified atom stereocenters. The summed E-state index contributed by atoms with van der Waals surface area (Å²) in [7, 11) is 0. The molecule has 4 nitrogen and oxygen atoms in total. The average molecular weight is 236 g/mol. The van der Waals surface area contributed by atoms with Crippen LogP contribution in [0.5, 0.6) is 0 Å². The lowest BCUT2D eigenvalue weighted by atomic mass is 9.82. The van der Waals surface area contributed by atoms with Crippen LogP contribution in [0, 0.1) is 5.41 Å². The molecule has 0 saturated heterocycles. The van der Waals surface area contributed by atoms with Crippen molar-refractivity contribution in [3.63, 3.8) is 0 Å². The fraction of sp³-hybridized carbons (Fsp3) is 0.846. The predicted octanol–water partition coefficient (Wildman–Crippen LogP) is 2.01. The van der Waals surface area contributed by atoms with Crippen LogP contribution in [0.2, 0.25) is 0 Å². The second-order valence-electron chi connectivity index (χ2n) is 5.16. The Hall–Kier alpha value is -0.900. The van der Waals surface area contributed by atoms with Crippen LogP contribution in [0.4, 0.5) is 0 Å². The molecular weight excluding hydrogens is 212 g/mol. The number of aromatic nitrogens is 3. The Morgan fingerprint density at radius 1 is 1.35 bits per heavy atom. The van der Waals surface area contributed by atoms with E-state index in [0.29, 0.717) is 5.41 Å². The SMILES string of the molecule is CCNCC1(Cc2ncnn2CC)CCCC1. The minimum Gasteiger partial charge on any atom is -0.316 e. The summed E-state index contributed by atoms with van der Waals surface area (Å²) in [6.07, 6.45) is 8.16. The Balaban J connectivity index is 2.07. The van der Waals surface area contributed by atoms with E-state index in [2.05, 4.69) is 29.2 Å². The van der Waals surface area contributed by atoms with Crippen LogP contribution in [0.1, 0.15) is 45.4 Å². The highest BCUT2D eigenvalue weighted by atomic mass is 15.3. The zero-order valence-corrected chi connectivity index (χ0v) is 11.1. The third kappa shape index (κ3) is 2.86. The lowest BCUT2D eigenvalue weighted by Gasteiger charge is -2.28. The van der Waals surface area contributed by atoms with E-state index >= 15 is 0 Å². The lowest BCUT2D eigenvalue weighted by molar-refractivity contribution is 0.270. The van der Waals surface area contributed by atoms with Crippen molar-refractivity contribution in [2.24, 2.45) is 5.41 Å². The molecule has 2 rings (SSSR count). The Kier molecular flexibility index (Phi) is 4.15. The number of hydrogen-bond donors (Lipinski definition) is 1. The summed E-state index contributed by atoms with van der Waals surface area (Å²) in [5.41, 5.74) is 0.427. The molecule has 1 aromatic rings. The molecule has 4 heteroatoms. The van der Waals surface area contributed by atoms with E-state index in [-0.39, 0.29) is 0 Å². The quantitative estimate of drug-likeness (QED) is 0.821. The Morgan fingerprint density at radius 2 is 2.12 bits per heavy atom. The number of hydrogen-bond acceptors (Lipinski definition) is 3. The van der Waals surface area contributed by atoms with Gasteiger partial charge in [0.15, 0.2) is 0 Å². The minimum absolute atomic E-state index is 0.427. The number of rotatable bonds is 6. The van der Waals surface area contributed by atoms with E-state index in [9.17, 15) is 0 Å². The largest absolute Gasteiger partial charge is 0.316 e. The van der Waals surface area contributed by atoms with Gasteiger partial charge in [0.05, 0.1) is 0 Å². The Morgan fingerprint density at radius 3 is 2.76 bits per heavy atom. The first-order chi connectivity index (χ1) is 8.29. The second kappa shape index (κ2) is 5.63. The minimum atomic E-state index is 0.427. The molecular formula is C13H24N4. The fourth-order valence-electron chi connectivity index (χ4n) is 2.96. The van der Waals surface area contributed by atoms with E-state index in [1.54, 1.807) is 6.33 Å². The first kappa shape index (κ1) is 12.6. The molecule has 0 amide bonds. The van der Waals surface area contributed by atoms with Crippen molar-refractivity contribution in [3.05, 3.63) is 12.2 Å². The van der Waals surface area contributed by atoms with Gasteiger partial charge >= 0.3 is 0 Å². The van der Waals surface area contributed by atoms with E-state index in [4.69, 9.17) is 0 Å². The molecule has 0 atom stereocenters. The van der Waals surface area contributed by atoms with Crippen molar-refractivity contribution in [3.8, 4) is 0 Å². The maximum absolute atomic E-state index is 4.43. The van der Waals surface area contributed by atoms with Crippen molar-refractivity contribution in [1.82, 2.24) is 20.1 Å². The number of nitrogens with one attached hydrogen (secondary N) is 1. The maximum atomic E-state index is 4.43. The van der Waals surface area contributed by atoms with Gasteiger partial charge in [-0.1, -0.05) is 19.8 Å². The van der Waals surface area contributed by atoms with Gasteiger partial charge in [-0.05, 0) is 31.7 Å². The molecule has 1 fully saturated rings. The van der Waals surface area contributed by atoms with Crippen LogP contribution >= 0.6 is 0 Å². The molecule has 0 radical (unpaired) electrons. The summed E-state index contributed by atoms with van der Waals surface area (Å²) in [4.78, 5) is 4.43. The highest BCUT2D eigenvalue weighted by molar-refractivity contribution is 4.97. The number of aryl methyl sites for hydroxylation is 1. The van der Waals surface area contributed by atoms with Gasteiger partial charge < -0.3 is 5.32 Å². The smallest absolute Gasteiger partial charge is 0.138 e. The molecule has 17 heavy (non-hydrogen) atoms. The summed E-state index contributed by atoms with van der Waals surface area (Å²) in [6.45, 7) is 7.41. The molecule has 96 valence electrons. The lowest BCUT2D eigenvalue weighted by Crippen LogP contribution is -2.34. The number of nitrogens with zero attached hydrogens (tertiary/aromatic N) is 3. The van der Waals surface area contributed by atoms with Gasteiger partial charge in [-0.2, -0.15) is 5.10 Å². The predicted molar refractivity (Wildman–Crippen MR) is 68.8 cm³/mol. The topological polar surface area (TPSA) is 42.7 Å². The van der Waals surface area contributed by atoms with Crippen LogP contribution in [0.15, 0.2) is 6.33 Å². The molecule has 1 heterocycles. The van der Waals surface area contributed by atoms with Crippen molar-refractivity contribution in [1.29, 1.82) is 0 Å². The third-order valence-electron chi connectivity index (χ3n) is 3.94. The molecule has 1 aromatic heterocycles. The van der Waals surface area contributed by atoms with Gasteiger partial charge in [-0.3, -0.25) is 4.68 Å². The summed E-state index contributed by atoms with van der Waals surface area (Å²) in [6, 6.07) is 0. The van der Waals surface area contributed by atoms with E-state index in [0.717, 1.165) is 31.9 Å². The average Bonchev–Trinajstić information content (AvgIpc) is 2.97. The van der Waals surface area contributed by atoms with Gasteiger partial charge in [-0.15, -0.1) is 0 Å². The van der Waals surface area contributed by atoms with Crippen LogP contribution in [0.3, 0.4) is 0 Å². The molecule has 1 N–H and O–H groups in total. The first-order valence-electron chi connectivity index (χ1n) is 6.87. The fourth-order valence-corrected chi connectivity index (χ4v) is 2.96. The summed E-state index contributed by atoms with van der Waals surface area (Å²) in [5, 5.41) is 7.80. The third-order valence-corrected chi connectivity index (χ3v) is 3.94. The molecule has 0 bridgehead atoms. The Bertz CT molecular complexity index is 339. The summed E-state index contributed by atoms with van der Waals surface area (Å²) >= 11 is 0. The monoisotopic (exact) mass is 236 g/mol. The van der Waals surface area contributed by atoms with Gasteiger partial charge in [-0.25, -0.2) is 4.98 Å². The van der Waals surface area contributed by atoms with Gasteiger partial charge in [0.25, 0.3) is 0 Å². The van der Waals surface area contributed by atoms with Crippen LogP contribution in [-0.4, -0.2) is 27.9 Å². The summed E-state index contributed by atoms with van der Waals surface area (Å²) < 4.78 is 2.03. The molecule has 1 aliphatic rings. The Labute approximate surface area is 104 Å². The van der Waals surface area contributed by atoms with Crippen molar-refractivity contribution >= 4 is 0 Å². The highest BCUT2D eigenvalue weighted by Gasteiger charge is 2.34.